The fourth-order valence-corrected chi connectivity index (χ4v) is 2.21. The molecule has 0 spiro atoms. The van der Waals surface area contributed by atoms with Crippen molar-refractivity contribution in [1.82, 2.24) is 10.3 Å². The number of nitrogens with zero attached hydrogens (tertiary/aromatic N) is 2. The molecule has 1 rings (SSSR count). The van der Waals surface area contributed by atoms with Gasteiger partial charge in [0.05, 0.1) is 0 Å². The Balaban J connectivity index is 2.59. The van der Waals surface area contributed by atoms with Gasteiger partial charge in [-0.1, -0.05) is 13.0 Å². The molecule has 0 saturated carbocycles. The van der Waals surface area contributed by atoms with Gasteiger partial charge in [-0.3, -0.25) is 0 Å². The van der Waals surface area contributed by atoms with Crippen LogP contribution in [0.4, 0.5) is 5.82 Å². The van der Waals surface area contributed by atoms with E-state index in [-0.39, 0.29) is 0 Å². The highest BCUT2D eigenvalue weighted by Gasteiger charge is 2.05. The zero-order valence-corrected chi connectivity index (χ0v) is 12.8. The Labute approximate surface area is 115 Å². The van der Waals surface area contributed by atoms with Crippen LogP contribution in [-0.2, 0) is 6.54 Å². The molecule has 18 heavy (non-hydrogen) atoms. The molecule has 0 radical (unpaired) electrons. The lowest BCUT2D eigenvalue weighted by Gasteiger charge is -2.19. The molecule has 0 amide bonds. The average Bonchev–Trinajstić information content (AvgIpc) is 2.37. The Hall–Kier alpha value is -0.740. The third kappa shape index (κ3) is 4.86. The SMILES string of the molecule is CCNCc1ccc(N(C)CCCSC)nc1C. The minimum absolute atomic E-state index is 0.909. The van der Waals surface area contributed by atoms with Gasteiger partial charge in [0.2, 0.25) is 0 Å². The summed E-state index contributed by atoms with van der Waals surface area (Å²) >= 11 is 1.90. The van der Waals surface area contributed by atoms with Crippen molar-refractivity contribution in [3.63, 3.8) is 0 Å². The van der Waals surface area contributed by atoms with Gasteiger partial charge < -0.3 is 10.2 Å². The second-order valence-corrected chi connectivity index (χ2v) is 5.45. The number of hydrogen-bond donors (Lipinski definition) is 1. The highest BCUT2D eigenvalue weighted by Crippen LogP contribution is 2.14. The van der Waals surface area contributed by atoms with Crippen LogP contribution in [0.3, 0.4) is 0 Å². The molecule has 1 aromatic rings. The molecule has 0 aliphatic rings. The summed E-state index contributed by atoms with van der Waals surface area (Å²) in [7, 11) is 2.12. The molecule has 0 unspecified atom stereocenters. The third-order valence-corrected chi connectivity index (χ3v) is 3.68. The molecule has 1 aromatic heterocycles. The van der Waals surface area contributed by atoms with Crippen molar-refractivity contribution in [2.24, 2.45) is 0 Å². The molecular weight excluding hydrogens is 242 g/mol. The van der Waals surface area contributed by atoms with E-state index in [2.05, 4.69) is 54.5 Å². The van der Waals surface area contributed by atoms with Gasteiger partial charge in [-0.2, -0.15) is 11.8 Å². The number of hydrogen-bond acceptors (Lipinski definition) is 4. The summed E-state index contributed by atoms with van der Waals surface area (Å²) in [6.07, 6.45) is 3.36. The van der Waals surface area contributed by atoms with Crippen LogP contribution in [0.25, 0.3) is 0 Å². The lowest BCUT2D eigenvalue weighted by molar-refractivity contribution is 0.718. The molecule has 0 aliphatic heterocycles. The van der Waals surface area contributed by atoms with E-state index in [1.807, 2.05) is 11.8 Å². The van der Waals surface area contributed by atoms with E-state index in [0.29, 0.717) is 0 Å². The third-order valence-electron chi connectivity index (χ3n) is 2.98. The molecule has 0 aromatic carbocycles. The van der Waals surface area contributed by atoms with Gasteiger partial charge in [-0.25, -0.2) is 4.98 Å². The Morgan fingerprint density at radius 1 is 1.39 bits per heavy atom. The number of pyridine rings is 1. The molecule has 0 saturated heterocycles. The second kappa shape index (κ2) is 8.38. The fourth-order valence-electron chi connectivity index (χ4n) is 1.80. The summed E-state index contributed by atoms with van der Waals surface area (Å²) in [4.78, 5) is 6.92. The topological polar surface area (TPSA) is 28.2 Å². The largest absolute Gasteiger partial charge is 0.360 e. The highest BCUT2D eigenvalue weighted by atomic mass is 32.2. The molecule has 0 atom stereocenters. The Morgan fingerprint density at radius 2 is 2.17 bits per heavy atom. The first-order valence-electron chi connectivity index (χ1n) is 6.56. The number of aryl methyl sites for hydroxylation is 1. The van der Waals surface area contributed by atoms with Crippen LogP contribution in [0.15, 0.2) is 12.1 Å². The first kappa shape index (κ1) is 15.3. The quantitative estimate of drug-likeness (QED) is 0.733. The summed E-state index contributed by atoms with van der Waals surface area (Å²) < 4.78 is 0. The Bertz CT molecular complexity index is 355. The van der Waals surface area contributed by atoms with Crippen LogP contribution in [0, 0.1) is 6.92 Å². The maximum absolute atomic E-state index is 4.68. The van der Waals surface area contributed by atoms with Crippen LogP contribution >= 0.6 is 11.8 Å². The zero-order chi connectivity index (χ0) is 13.4. The summed E-state index contributed by atoms with van der Waals surface area (Å²) in [6, 6.07) is 4.31. The Morgan fingerprint density at radius 3 is 2.78 bits per heavy atom. The van der Waals surface area contributed by atoms with Crippen molar-refractivity contribution >= 4 is 17.6 Å². The summed E-state index contributed by atoms with van der Waals surface area (Å²) in [6.45, 7) is 7.18. The molecule has 1 heterocycles. The minimum Gasteiger partial charge on any atom is -0.360 e. The monoisotopic (exact) mass is 267 g/mol. The van der Waals surface area contributed by atoms with Crippen LogP contribution in [0.1, 0.15) is 24.6 Å². The Kier molecular flexibility index (Phi) is 7.13. The number of nitrogens with one attached hydrogen (secondary N) is 1. The molecular formula is C14H25N3S. The minimum atomic E-state index is 0.909. The van der Waals surface area contributed by atoms with Crippen molar-refractivity contribution in [2.45, 2.75) is 26.8 Å². The van der Waals surface area contributed by atoms with Gasteiger partial charge in [0.15, 0.2) is 0 Å². The predicted octanol–water partition coefficient (Wildman–Crippen LogP) is 2.69. The van der Waals surface area contributed by atoms with E-state index in [1.54, 1.807) is 0 Å². The summed E-state index contributed by atoms with van der Waals surface area (Å²) in [5, 5.41) is 3.34. The standard InChI is InChI=1S/C14H25N3S/c1-5-15-11-13-7-8-14(16-12(13)2)17(3)9-6-10-18-4/h7-8,15H,5-6,9-11H2,1-4H3. The van der Waals surface area contributed by atoms with Crippen molar-refractivity contribution in [3.05, 3.63) is 23.4 Å². The van der Waals surface area contributed by atoms with E-state index >= 15 is 0 Å². The van der Waals surface area contributed by atoms with Gasteiger partial charge in [-0.15, -0.1) is 0 Å². The second-order valence-electron chi connectivity index (χ2n) is 4.46. The van der Waals surface area contributed by atoms with Crippen LogP contribution in [-0.4, -0.2) is 37.1 Å². The number of thioether (sulfide) groups is 1. The van der Waals surface area contributed by atoms with Crippen LogP contribution in [0.2, 0.25) is 0 Å². The number of aromatic nitrogens is 1. The molecule has 102 valence electrons. The van der Waals surface area contributed by atoms with Crippen molar-refractivity contribution in [2.75, 3.05) is 37.0 Å². The van der Waals surface area contributed by atoms with Gasteiger partial charge >= 0.3 is 0 Å². The first-order chi connectivity index (χ1) is 8.69. The van der Waals surface area contributed by atoms with E-state index in [1.165, 1.54) is 17.7 Å². The molecule has 0 bridgehead atoms. The van der Waals surface area contributed by atoms with E-state index < -0.39 is 0 Å². The van der Waals surface area contributed by atoms with Crippen LogP contribution in [0.5, 0.6) is 0 Å². The maximum Gasteiger partial charge on any atom is 0.128 e. The van der Waals surface area contributed by atoms with E-state index in [0.717, 1.165) is 31.1 Å². The average molecular weight is 267 g/mol. The van der Waals surface area contributed by atoms with E-state index in [9.17, 15) is 0 Å². The molecule has 0 fully saturated rings. The first-order valence-corrected chi connectivity index (χ1v) is 7.95. The smallest absolute Gasteiger partial charge is 0.128 e. The number of rotatable bonds is 8. The summed E-state index contributed by atoms with van der Waals surface area (Å²) in [5.74, 6) is 2.29. The molecule has 0 aliphatic carbocycles. The van der Waals surface area contributed by atoms with Crippen molar-refractivity contribution in [1.29, 1.82) is 0 Å². The van der Waals surface area contributed by atoms with Gasteiger partial charge in [0.25, 0.3) is 0 Å². The lowest BCUT2D eigenvalue weighted by Crippen LogP contribution is -2.21. The van der Waals surface area contributed by atoms with Crippen molar-refractivity contribution in [3.8, 4) is 0 Å². The number of anilines is 1. The lowest BCUT2D eigenvalue weighted by atomic mass is 10.2. The van der Waals surface area contributed by atoms with Crippen molar-refractivity contribution < 1.29 is 0 Å². The van der Waals surface area contributed by atoms with Gasteiger partial charge in [0.1, 0.15) is 5.82 Å². The molecule has 1 N–H and O–H groups in total. The summed E-state index contributed by atoms with van der Waals surface area (Å²) in [5.41, 5.74) is 2.42. The van der Waals surface area contributed by atoms with E-state index in [4.69, 9.17) is 0 Å². The normalized spacial score (nSPS) is 10.7. The van der Waals surface area contributed by atoms with Gasteiger partial charge in [-0.05, 0) is 43.5 Å². The fraction of sp³-hybridized carbons (Fsp3) is 0.643. The highest BCUT2D eigenvalue weighted by molar-refractivity contribution is 7.98. The zero-order valence-electron chi connectivity index (χ0n) is 12.0. The maximum atomic E-state index is 4.68. The van der Waals surface area contributed by atoms with Crippen LogP contribution < -0.4 is 10.2 Å². The molecule has 4 heteroatoms. The predicted molar refractivity (Wildman–Crippen MR) is 82.6 cm³/mol. The molecule has 3 nitrogen and oxygen atoms in total. The van der Waals surface area contributed by atoms with Gasteiger partial charge in [0, 0.05) is 25.8 Å².